The number of carbonyl (C=O) groups is 1. The van der Waals surface area contributed by atoms with Crippen molar-refractivity contribution in [1.82, 2.24) is 4.90 Å². The van der Waals surface area contributed by atoms with Crippen LogP contribution in [0.25, 0.3) is 0 Å². The molecule has 82 valence electrons. The van der Waals surface area contributed by atoms with Crippen LogP contribution in [-0.4, -0.2) is 47.7 Å². The molecule has 0 aromatic heterocycles. The smallest absolute Gasteiger partial charge is 0.412 e. The summed E-state index contributed by atoms with van der Waals surface area (Å²) in [6.45, 7) is 5.87. The predicted octanol–water partition coefficient (Wildman–Crippen LogP) is 0.572. The fourth-order valence-electron chi connectivity index (χ4n) is 1.16. The van der Waals surface area contributed by atoms with Crippen molar-refractivity contribution in [2.45, 2.75) is 32.4 Å². The van der Waals surface area contributed by atoms with Crippen molar-refractivity contribution in [3.8, 4) is 0 Å². The molecule has 1 N–H and O–H groups in total. The van der Waals surface area contributed by atoms with Gasteiger partial charge in [-0.3, -0.25) is 4.90 Å². The lowest BCUT2D eigenvalue weighted by molar-refractivity contribution is 0.0123. The van der Waals surface area contributed by atoms with E-state index in [4.69, 9.17) is 14.6 Å². The quantitative estimate of drug-likeness (QED) is 0.677. The van der Waals surface area contributed by atoms with Gasteiger partial charge < -0.3 is 14.6 Å². The monoisotopic (exact) mass is 203 g/mol. The molecule has 1 aliphatic rings. The topological polar surface area (TPSA) is 59.0 Å². The van der Waals surface area contributed by atoms with E-state index in [0.29, 0.717) is 6.61 Å². The molecule has 1 rings (SSSR count). The minimum Gasteiger partial charge on any atom is -0.444 e. The normalized spacial score (nSPS) is 22.6. The molecule has 1 amide bonds. The molecule has 1 fully saturated rings. The minimum absolute atomic E-state index is 0.0980. The third-order valence-corrected chi connectivity index (χ3v) is 1.82. The van der Waals surface area contributed by atoms with Gasteiger partial charge in [-0.05, 0) is 20.8 Å². The minimum atomic E-state index is -0.514. The standard InChI is InChI=1S/C9H17NO4/c1-9(2,3)14-8(12)10-6-13-5-7(10)4-11/h7,11H,4-6H2,1-3H3/t7-/m1/s1. The summed E-state index contributed by atoms with van der Waals surface area (Å²) in [5.74, 6) is 0. The lowest BCUT2D eigenvalue weighted by Gasteiger charge is -2.26. The van der Waals surface area contributed by atoms with Crippen molar-refractivity contribution >= 4 is 6.09 Å². The second-order valence-electron chi connectivity index (χ2n) is 4.29. The first-order valence-electron chi connectivity index (χ1n) is 4.62. The Kier molecular flexibility index (Phi) is 3.34. The maximum Gasteiger partial charge on any atom is 0.412 e. The first-order chi connectivity index (χ1) is 6.44. The predicted molar refractivity (Wildman–Crippen MR) is 49.8 cm³/mol. The van der Waals surface area contributed by atoms with Crippen LogP contribution in [0.5, 0.6) is 0 Å². The molecule has 0 bridgehead atoms. The van der Waals surface area contributed by atoms with E-state index in [9.17, 15) is 4.79 Å². The van der Waals surface area contributed by atoms with E-state index >= 15 is 0 Å². The Bertz CT molecular complexity index is 211. The van der Waals surface area contributed by atoms with Gasteiger partial charge in [0, 0.05) is 0 Å². The van der Waals surface area contributed by atoms with Crippen molar-refractivity contribution in [2.75, 3.05) is 19.9 Å². The average molecular weight is 203 g/mol. The molecule has 1 atom stereocenters. The zero-order valence-electron chi connectivity index (χ0n) is 8.82. The molecule has 1 saturated heterocycles. The number of ether oxygens (including phenoxy) is 2. The summed E-state index contributed by atoms with van der Waals surface area (Å²) in [7, 11) is 0. The highest BCUT2D eigenvalue weighted by Gasteiger charge is 2.32. The summed E-state index contributed by atoms with van der Waals surface area (Å²) in [6, 6.07) is -0.273. The maximum atomic E-state index is 11.5. The Hall–Kier alpha value is -0.810. The summed E-state index contributed by atoms with van der Waals surface area (Å²) in [6.07, 6.45) is -0.436. The summed E-state index contributed by atoms with van der Waals surface area (Å²) < 4.78 is 10.2. The molecule has 0 unspecified atom stereocenters. The van der Waals surface area contributed by atoms with Gasteiger partial charge in [0.25, 0.3) is 0 Å². The average Bonchev–Trinajstić information content (AvgIpc) is 2.47. The fraction of sp³-hybridized carbons (Fsp3) is 0.889. The van der Waals surface area contributed by atoms with Gasteiger partial charge >= 0.3 is 6.09 Å². The highest BCUT2D eigenvalue weighted by atomic mass is 16.6. The van der Waals surface area contributed by atoms with E-state index in [1.54, 1.807) is 20.8 Å². The number of aliphatic hydroxyl groups excluding tert-OH is 1. The van der Waals surface area contributed by atoms with E-state index in [0.717, 1.165) is 0 Å². The molecule has 0 aromatic carbocycles. The number of amides is 1. The number of nitrogens with zero attached hydrogens (tertiary/aromatic N) is 1. The molecule has 0 aliphatic carbocycles. The summed E-state index contributed by atoms with van der Waals surface area (Å²) >= 11 is 0. The van der Waals surface area contributed by atoms with Gasteiger partial charge in [0.15, 0.2) is 0 Å². The molecule has 5 heteroatoms. The molecule has 14 heavy (non-hydrogen) atoms. The van der Waals surface area contributed by atoms with E-state index in [1.165, 1.54) is 4.90 Å². The molecule has 1 heterocycles. The van der Waals surface area contributed by atoms with Gasteiger partial charge in [-0.1, -0.05) is 0 Å². The Morgan fingerprint density at radius 3 is 2.79 bits per heavy atom. The van der Waals surface area contributed by atoms with Crippen LogP contribution < -0.4 is 0 Å². The van der Waals surface area contributed by atoms with Crippen LogP contribution in [0.2, 0.25) is 0 Å². The van der Waals surface area contributed by atoms with E-state index in [1.807, 2.05) is 0 Å². The van der Waals surface area contributed by atoms with E-state index < -0.39 is 11.7 Å². The van der Waals surface area contributed by atoms with Crippen LogP contribution in [0.4, 0.5) is 4.79 Å². The molecule has 0 spiro atoms. The molecule has 0 saturated carbocycles. The van der Waals surface area contributed by atoms with Crippen LogP contribution >= 0.6 is 0 Å². The van der Waals surface area contributed by atoms with Crippen LogP contribution in [-0.2, 0) is 9.47 Å². The van der Waals surface area contributed by atoms with Gasteiger partial charge in [-0.25, -0.2) is 4.79 Å². The summed E-state index contributed by atoms with van der Waals surface area (Å²) in [5.41, 5.74) is -0.514. The first-order valence-corrected chi connectivity index (χ1v) is 4.62. The molecular weight excluding hydrogens is 186 g/mol. The second kappa shape index (κ2) is 4.14. The Morgan fingerprint density at radius 1 is 1.64 bits per heavy atom. The highest BCUT2D eigenvalue weighted by Crippen LogP contribution is 2.15. The van der Waals surface area contributed by atoms with Crippen LogP contribution in [0.15, 0.2) is 0 Å². The highest BCUT2D eigenvalue weighted by molar-refractivity contribution is 5.68. The van der Waals surface area contributed by atoms with Crippen LogP contribution in [0.3, 0.4) is 0 Å². The third-order valence-electron chi connectivity index (χ3n) is 1.82. The van der Waals surface area contributed by atoms with Gasteiger partial charge in [-0.2, -0.15) is 0 Å². The Morgan fingerprint density at radius 2 is 2.29 bits per heavy atom. The van der Waals surface area contributed by atoms with Gasteiger partial charge in [0.2, 0.25) is 0 Å². The van der Waals surface area contributed by atoms with Crippen molar-refractivity contribution in [3.63, 3.8) is 0 Å². The number of rotatable bonds is 1. The molecular formula is C9H17NO4. The fourth-order valence-corrected chi connectivity index (χ4v) is 1.16. The third kappa shape index (κ3) is 2.85. The van der Waals surface area contributed by atoms with Crippen molar-refractivity contribution in [2.24, 2.45) is 0 Å². The molecule has 0 radical (unpaired) electrons. The number of carbonyl (C=O) groups excluding carboxylic acids is 1. The summed E-state index contributed by atoms with van der Waals surface area (Å²) in [4.78, 5) is 12.9. The van der Waals surface area contributed by atoms with Crippen LogP contribution in [0, 0.1) is 0 Å². The van der Waals surface area contributed by atoms with Crippen LogP contribution in [0.1, 0.15) is 20.8 Å². The van der Waals surface area contributed by atoms with E-state index in [2.05, 4.69) is 0 Å². The number of aliphatic hydroxyl groups is 1. The maximum absolute atomic E-state index is 11.5. The SMILES string of the molecule is CC(C)(C)OC(=O)N1COC[C@H]1CO. The van der Waals surface area contributed by atoms with Crippen molar-refractivity contribution in [1.29, 1.82) is 0 Å². The van der Waals surface area contributed by atoms with Gasteiger partial charge in [-0.15, -0.1) is 0 Å². The zero-order chi connectivity index (χ0) is 10.8. The number of hydrogen-bond donors (Lipinski definition) is 1. The zero-order valence-corrected chi connectivity index (χ0v) is 8.82. The largest absolute Gasteiger partial charge is 0.444 e. The summed E-state index contributed by atoms with van der Waals surface area (Å²) in [5, 5.41) is 8.95. The second-order valence-corrected chi connectivity index (χ2v) is 4.29. The van der Waals surface area contributed by atoms with Crippen molar-refractivity contribution < 1.29 is 19.4 Å². The Labute approximate surface area is 83.6 Å². The molecule has 0 aromatic rings. The Balaban J connectivity index is 2.52. The van der Waals surface area contributed by atoms with Crippen molar-refractivity contribution in [3.05, 3.63) is 0 Å². The van der Waals surface area contributed by atoms with Gasteiger partial charge in [0.1, 0.15) is 12.3 Å². The number of hydrogen-bond acceptors (Lipinski definition) is 4. The lowest BCUT2D eigenvalue weighted by atomic mass is 10.2. The van der Waals surface area contributed by atoms with E-state index in [-0.39, 0.29) is 19.4 Å². The lowest BCUT2D eigenvalue weighted by Crippen LogP contribution is -2.42. The first kappa shape index (κ1) is 11.3. The molecule has 1 aliphatic heterocycles. The van der Waals surface area contributed by atoms with Gasteiger partial charge in [0.05, 0.1) is 19.3 Å². The molecule has 5 nitrogen and oxygen atoms in total.